The minimum absolute atomic E-state index is 0.00849. The standard InChI is InChI=1S/C24H19ClN2O4S/c1-13-6-8-14(9-7-13)26-22(28)16-11-10-15(12-18(16)24(30)31)27-23(29)21-20(25)17-4-2-3-5-19(17)32-21/h2,4,6-12H,3,5H2,1H3,(H,26,28)(H,27,29)(H,30,31). The SMILES string of the molecule is Cc1ccc(NC(=O)c2ccc(NC(=O)c3sc4c(c3Cl)C=CCC4)cc2C(=O)O)cc1. The van der Waals surface area contributed by atoms with Crippen LogP contribution in [0.15, 0.2) is 48.5 Å². The number of allylic oxidation sites excluding steroid dienone is 1. The maximum Gasteiger partial charge on any atom is 0.336 e. The molecule has 2 amide bonds. The first-order valence-corrected chi connectivity index (χ1v) is 11.1. The highest BCUT2D eigenvalue weighted by Gasteiger charge is 2.23. The molecule has 0 saturated carbocycles. The van der Waals surface area contributed by atoms with Crippen LogP contribution >= 0.6 is 22.9 Å². The molecule has 162 valence electrons. The zero-order chi connectivity index (χ0) is 22.8. The normalized spacial score (nSPS) is 12.2. The van der Waals surface area contributed by atoms with Crippen molar-refractivity contribution in [1.82, 2.24) is 0 Å². The van der Waals surface area contributed by atoms with Gasteiger partial charge in [-0.25, -0.2) is 4.79 Å². The molecule has 6 nitrogen and oxygen atoms in total. The molecule has 8 heteroatoms. The van der Waals surface area contributed by atoms with Gasteiger partial charge in [0.25, 0.3) is 11.8 Å². The van der Waals surface area contributed by atoms with E-state index in [1.165, 1.54) is 29.5 Å². The molecule has 4 rings (SSSR count). The number of carboxylic acid groups (broad SMARTS) is 1. The maximum absolute atomic E-state index is 12.8. The monoisotopic (exact) mass is 466 g/mol. The Balaban J connectivity index is 1.56. The van der Waals surface area contributed by atoms with Gasteiger partial charge >= 0.3 is 5.97 Å². The van der Waals surface area contributed by atoms with Gasteiger partial charge in [0.05, 0.1) is 16.1 Å². The number of carbonyl (C=O) groups excluding carboxylic acids is 2. The van der Waals surface area contributed by atoms with Crippen LogP contribution in [0.2, 0.25) is 5.02 Å². The molecule has 0 aliphatic heterocycles. The summed E-state index contributed by atoms with van der Waals surface area (Å²) in [5, 5.41) is 15.4. The molecular weight excluding hydrogens is 448 g/mol. The summed E-state index contributed by atoms with van der Waals surface area (Å²) in [4.78, 5) is 38.7. The Kier molecular flexibility index (Phi) is 6.12. The van der Waals surface area contributed by atoms with Crippen molar-refractivity contribution in [2.24, 2.45) is 0 Å². The first kappa shape index (κ1) is 21.8. The average molecular weight is 467 g/mol. The molecule has 32 heavy (non-hydrogen) atoms. The molecular formula is C24H19ClN2O4S. The van der Waals surface area contributed by atoms with Gasteiger partial charge in [0, 0.05) is 21.8 Å². The predicted octanol–water partition coefficient (Wildman–Crippen LogP) is 5.87. The zero-order valence-electron chi connectivity index (χ0n) is 17.1. The molecule has 0 unspecified atom stereocenters. The lowest BCUT2D eigenvalue weighted by Crippen LogP contribution is -2.17. The second-order valence-corrected chi connectivity index (χ2v) is 8.85. The lowest BCUT2D eigenvalue weighted by Gasteiger charge is -2.11. The van der Waals surface area contributed by atoms with E-state index in [0.29, 0.717) is 15.6 Å². The number of hydrogen-bond acceptors (Lipinski definition) is 4. The number of halogens is 1. The molecule has 1 heterocycles. The Morgan fingerprint density at radius 2 is 1.66 bits per heavy atom. The van der Waals surface area contributed by atoms with Gasteiger partial charge in [-0.2, -0.15) is 0 Å². The molecule has 1 aliphatic carbocycles. The Morgan fingerprint density at radius 3 is 2.34 bits per heavy atom. The van der Waals surface area contributed by atoms with E-state index in [4.69, 9.17) is 11.6 Å². The van der Waals surface area contributed by atoms with Crippen molar-refractivity contribution in [3.8, 4) is 0 Å². The number of rotatable bonds is 5. The number of thiophene rings is 1. The highest BCUT2D eigenvalue weighted by atomic mass is 35.5. The van der Waals surface area contributed by atoms with Gasteiger partial charge in [-0.05, 0) is 50.1 Å². The largest absolute Gasteiger partial charge is 0.478 e. The fourth-order valence-corrected chi connectivity index (χ4v) is 4.93. The summed E-state index contributed by atoms with van der Waals surface area (Å²) in [6.45, 7) is 1.93. The van der Waals surface area contributed by atoms with Gasteiger partial charge in [-0.3, -0.25) is 9.59 Å². The third kappa shape index (κ3) is 4.44. The first-order chi connectivity index (χ1) is 15.3. The number of nitrogens with one attached hydrogen (secondary N) is 2. The summed E-state index contributed by atoms with van der Waals surface area (Å²) >= 11 is 7.72. The van der Waals surface area contributed by atoms with E-state index in [9.17, 15) is 19.5 Å². The average Bonchev–Trinajstić information content (AvgIpc) is 3.12. The van der Waals surface area contributed by atoms with Crippen molar-refractivity contribution in [3.63, 3.8) is 0 Å². The minimum Gasteiger partial charge on any atom is -0.478 e. The Morgan fingerprint density at radius 1 is 0.969 bits per heavy atom. The molecule has 1 aliphatic rings. The topological polar surface area (TPSA) is 95.5 Å². The van der Waals surface area contributed by atoms with Gasteiger partial charge in [0.2, 0.25) is 0 Å². The third-order valence-electron chi connectivity index (χ3n) is 5.05. The van der Waals surface area contributed by atoms with E-state index in [1.54, 1.807) is 12.1 Å². The van der Waals surface area contributed by atoms with E-state index in [1.807, 2.05) is 31.2 Å². The molecule has 2 aromatic carbocycles. The molecule has 0 bridgehead atoms. The number of benzene rings is 2. The van der Waals surface area contributed by atoms with Gasteiger partial charge in [0.15, 0.2) is 0 Å². The molecule has 1 aromatic heterocycles. The smallest absolute Gasteiger partial charge is 0.336 e. The molecule has 0 fully saturated rings. The van der Waals surface area contributed by atoms with E-state index in [0.717, 1.165) is 28.8 Å². The molecule has 0 atom stereocenters. The van der Waals surface area contributed by atoms with Crippen LogP contribution in [0.5, 0.6) is 0 Å². The molecule has 0 radical (unpaired) electrons. The van der Waals surface area contributed by atoms with Gasteiger partial charge < -0.3 is 15.7 Å². The summed E-state index contributed by atoms with van der Waals surface area (Å²) in [7, 11) is 0. The summed E-state index contributed by atoms with van der Waals surface area (Å²) in [5.74, 6) is -2.24. The van der Waals surface area contributed by atoms with Crippen molar-refractivity contribution < 1.29 is 19.5 Å². The van der Waals surface area contributed by atoms with Crippen LogP contribution in [0.25, 0.3) is 6.08 Å². The Labute approximate surface area is 193 Å². The highest BCUT2D eigenvalue weighted by Crippen LogP contribution is 2.37. The number of aryl methyl sites for hydroxylation is 2. The molecule has 3 aromatic rings. The van der Waals surface area contributed by atoms with Gasteiger partial charge in [-0.1, -0.05) is 41.4 Å². The predicted molar refractivity (Wildman–Crippen MR) is 127 cm³/mol. The second kappa shape index (κ2) is 8.98. The van der Waals surface area contributed by atoms with Crippen LogP contribution in [-0.4, -0.2) is 22.9 Å². The second-order valence-electron chi connectivity index (χ2n) is 7.36. The number of anilines is 2. The van der Waals surface area contributed by atoms with Crippen LogP contribution in [0.4, 0.5) is 11.4 Å². The van der Waals surface area contributed by atoms with Crippen LogP contribution in [0.1, 0.15) is 52.8 Å². The number of amides is 2. The van der Waals surface area contributed by atoms with Crippen molar-refractivity contribution >= 4 is 58.2 Å². The number of hydrogen-bond donors (Lipinski definition) is 3. The Hall–Kier alpha value is -3.42. The number of aromatic carboxylic acids is 1. The van der Waals surface area contributed by atoms with Gasteiger partial charge in [-0.15, -0.1) is 11.3 Å². The van der Waals surface area contributed by atoms with E-state index < -0.39 is 17.8 Å². The summed E-state index contributed by atoms with van der Waals surface area (Å²) in [6.07, 6.45) is 5.66. The molecule has 0 saturated heterocycles. The number of carbonyl (C=O) groups is 3. The van der Waals surface area contributed by atoms with Crippen molar-refractivity contribution in [2.45, 2.75) is 19.8 Å². The minimum atomic E-state index is -1.27. The number of fused-ring (bicyclic) bond motifs is 1. The fraction of sp³-hybridized carbons (Fsp3) is 0.125. The molecule has 0 spiro atoms. The summed E-state index contributed by atoms with van der Waals surface area (Å²) in [5.41, 5.74) is 2.49. The highest BCUT2D eigenvalue weighted by molar-refractivity contribution is 7.15. The zero-order valence-corrected chi connectivity index (χ0v) is 18.6. The quantitative estimate of drug-likeness (QED) is 0.438. The van der Waals surface area contributed by atoms with Crippen molar-refractivity contribution in [1.29, 1.82) is 0 Å². The van der Waals surface area contributed by atoms with E-state index in [-0.39, 0.29) is 16.8 Å². The fourth-order valence-electron chi connectivity index (χ4n) is 3.40. The Bertz CT molecular complexity index is 1260. The lowest BCUT2D eigenvalue weighted by atomic mass is 10.1. The van der Waals surface area contributed by atoms with Gasteiger partial charge in [0.1, 0.15) is 4.88 Å². The third-order valence-corrected chi connectivity index (χ3v) is 6.82. The first-order valence-electron chi connectivity index (χ1n) is 9.88. The van der Waals surface area contributed by atoms with E-state index >= 15 is 0 Å². The summed E-state index contributed by atoms with van der Waals surface area (Å²) < 4.78 is 0. The van der Waals surface area contributed by atoms with Crippen LogP contribution in [-0.2, 0) is 6.42 Å². The lowest BCUT2D eigenvalue weighted by molar-refractivity contribution is 0.0692. The van der Waals surface area contributed by atoms with Crippen molar-refractivity contribution in [3.05, 3.63) is 85.6 Å². The number of carboxylic acids is 1. The van der Waals surface area contributed by atoms with E-state index in [2.05, 4.69) is 10.6 Å². The van der Waals surface area contributed by atoms with Crippen LogP contribution in [0.3, 0.4) is 0 Å². The van der Waals surface area contributed by atoms with Crippen molar-refractivity contribution in [2.75, 3.05) is 10.6 Å². The van der Waals surface area contributed by atoms with Crippen LogP contribution < -0.4 is 10.6 Å². The van der Waals surface area contributed by atoms with Crippen LogP contribution in [0, 0.1) is 6.92 Å². The summed E-state index contributed by atoms with van der Waals surface area (Å²) in [6, 6.07) is 11.3. The maximum atomic E-state index is 12.8. The molecule has 3 N–H and O–H groups in total.